The SMILES string of the molecule is CN1CCC(=C(F)c2cccc(NC(=O)c3ccc(F)cn3)n2)CC1. The highest BCUT2D eigenvalue weighted by Crippen LogP contribution is 2.27. The molecular formula is C18H18F2N4O. The number of carbonyl (C=O) groups is 1. The second-order valence-electron chi connectivity index (χ2n) is 5.94. The molecule has 25 heavy (non-hydrogen) atoms. The molecule has 1 fully saturated rings. The topological polar surface area (TPSA) is 58.1 Å². The maximum atomic E-state index is 14.7. The molecule has 0 spiro atoms. The first-order chi connectivity index (χ1) is 12.0. The Morgan fingerprint density at radius 2 is 1.92 bits per heavy atom. The van der Waals surface area contributed by atoms with Gasteiger partial charge in [-0.15, -0.1) is 0 Å². The van der Waals surface area contributed by atoms with Crippen LogP contribution in [0.25, 0.3) is 5.83 Å². The molecule has 1 saturated heterocycles. The standard InChI is InChI=1S/C18H18F2N4O/c1-24-9-7-12(8-10-24)17(20)14-3-2-4-16(22-14)23-18(25)15-6-5-13(19)11-21-15/h2-6,11H,7-10H2,1H3,(H,22,23,25). The van der Waals surface area contributed by atoms with Crippen LogP contribution >= 0.6 is 0 Å². The minimum Gasteiger partial charge on any atom is -0.306 e. The fraction of sp³-hybridized carbons (Fsp3) is 0.278. The highest BCUT2D eigenvalue weighted by atomic mass is 19.1. The molecule has 2 aromatic heterocycles. The molecule has 0 aromatic carbocycles. The number of anilines is 1. The summed E-state index contributed by atoms with van der Waals surface area (Å²) in [6.45, 7) is 1.63. The molecular weight excluding hydrogens is 326 g/mol. The quantitative estimate of drug-likeness (QED) is 0.928. The number of nitrogens with one attached hydrogen (secondary N) is 1. The molecule has 130 valence electrons. The summed E-state index contributed by atoms with van der Waals surface area (Å²) in [7, 11) is 2.01. The Labute approximate surface area is 144 Å². The normalized spacial score (nSPS) is 15.1. The number of pyridine rings is 2. The van der Waals surface area contributed by atoms with E-state index in [1.165, 1.54) is 6.07 Å². The average molecular weight is 344 g/mol. The Hall–Kier alpha value is -2.67. The molecule has 1 amide bonds. The number of piperidine rings is 1. The summed E-state index contributed by atoms with van der Waals surface area (Å²) in [4.78, 5) is 22.1. The third-order valence-electron chi connectivity index (χ3n) is 4.08. The van der Waals surface area contributed by atoms with Gasteiger partial charge in [0, 0.05) is 13.1 Å². The summed E-state index contributed by atoms with van der Waals surface area (Å²) in [6, 6.07) is 7.20. The van der Waals surface area contributed by atoms with Crippen molar-refractivity contribution in [3.05, 3.63) is 59.3 Å². The molecule has 0 atom stereocenters. The second-order valence-corrected chi connectivity index (χ2v) is 5.94. The number of carbonyl (C=O) groups excluding carboxylic acids is 1. The van der Waals surface area contributed by atoms with Gasteiger partial charge in [-0.25, -0.2) is 18.7 Å². The van der Waals surface area contributed by atoms with E-state index < -0.39 is 11.7 Å². The molecule has 0 aliphatic carbocycles. The predicted octanol–water partition coefficient (Wildman–Crippen LogP) is 3.27. The third kappa shape index (κ3) is 4.24. The van der Waals surface area contributed by atoms with Crippen LogP contribution in [0.3, 0.4) is 0 Å². The lowest BCUT2D eigenvalue weighted by molar-refractivity contribution is 0.102. The van der Waals surface area contributed by atoms with Gasteiger partial charge >= 0.3 is 0 Å². The first-order valence-corrected chi connectivity index (χ1v) is 7.99. The van der Waals surface area contributed by atoms with E-state index in [-0.39, 0.29) is 23.0 Å². The van der Waals surface area contributed by atoms with Gasteiger partial charge in [0.2, 0.25) is 0 Å². The van der Waals surface area contributed by atoms with Crippen LogP contribution in [0.2, 0.25) is 0 Å². The van der Waals surface area contributed by atoms with Gasteiger partial charge in [-0.1, -0.05) is 6.07 Å². The summed E-state index contributed by atoms with van der Waals surface area (Å²) >= 11 is 0. The highest BCUT2D eigenvalue weighted by molar-refractivity contribution is 6.02. The highest BCUT2D eigenvalue weighted by Gasteiger charge is 2.17. The van der Waals surface area contributed by atoms with Gasteiger partial charge in [0.25, 0.3) is 5.91 Å². The number of halogens is 2. The minimum absolute atomic E-state index is 0.0581. The van der Waals surface area contributed by atoms with Gasteiger partial charge in [-0.05, 0) is 49.7 Å². The number of rotatable bonds is 3. The lowest BCUT2D eigenvalue weighted by atomic mass is 10.0. The van der Waals surface area contributed by atoms with Crippen LogP contribution < -0.4 is 5.32 Å². The second kappa shape index (κ2) is 7.48. The minimum atomic E-state index is -0.531. The fourth-order valence-corrected chi connectivity index (χ4v) is 2.61. The van der Waals surface area contributed by atoms with Gasteiger partial charge in [0.05, 0.1) is 6.20 Å². The van der Waals surface area contributed by atoms with E-state index in [0.29, 0.717) is 12.8 Å². The van der Waals surface area contributed by atoms with Gasteiger partial charge in [0.15, 0.2) is 0 Å². The van der Waals surface area contributed by atoms with Crippen molar-refractivity contribution in [1.29, 1.82) is 0 Å². The van der Waals surface area contributed by atoms with Crippen LogP contribution in [0.15, 0.2) is 42.1 Å². The van der Waals surface area contributed by atoms with Crippen molar-refractivity contribution in [2.24, 2.45) is 0 Å². The van der Waals surface area contributed by atoms with Crippen LogP contribution in [-0.4, -0.2) is 40.9 Å². The Balaban J connectivity index is 1.76. The summed E-state index contributed by atoms with van der Waals surface area (Å²) < 4.78 is 27.5. The maximum Gasteiger partial charge on any atom is 0.275 e. The molecule has 0 radical (unpaired) electrons. The Bertz CT molecular complexity index is 795. The molecule has 0 unspecified atom stereocenters. The number of aromatic nitrogens is 2. The Morgan fingerprint density at radius 3 is 2.60 bits per heavy atom. The van der Waals surface area contributed by atoms with E-state index in [1.807, 2.05) is 7.05 Å². The van der Waals surface area contributed by atoms with E-state index in [1.54, 1.807) is 18.2 Å². The summed E-state index contributed by atoms with van der Waals surface area (Å²) in [6.07, 6.45) is 2.29. The number of nitrogens with zero attached hydrogens (tertiary/aromatic N) is 3. The molecule has 3 rings (SSSR count). The predicted molar refractivity (Wildman–Crippen MR) is 91.1 cm³/mol. The number of likely N-dealkylation sites (tertiary alicyclic amines) is 1. The zero-order valence-electron chi connectivity index (χ0n) is 13.8. The Kier molecular flexibility index (Phi) is 5.14. The van der Waals surface area contributed by atoms with Gasteiger partial charge < -0.3 is 10.2 Å². The van der Waals surface area contributed by atoms with E-state index in [2.05, 4.69) is 20.2 Å². The molecule has 2 aromatic rings. The summed E-state index contributed by atoms with van der Waals surface area (Å²) in [5.74, 6) is -1.16. The lowest BCUT2D eigenvalue weighted by Crippen LogP contribution is -2.26. The van der Waals surface area contributed by atoms with Crippen molar-refractivity contribution >= 4 is 17.6 Å². The van der Waals surface area contributed by atoms with E-state index in [9.17, 15) is 13.6 Å². The molecule has 1 aliphatic rings. The monoisotopic (exact) mass is 344 g/mol. The zero-order valence-corrected chi connectivity index (χ0v) is 13.8. The third-order valence-corrected chi connectivity index (χ3v) is 4.08. The summed E-state index contributed by atoms with van der Waals surface area (Å²) in [5.41, 5.74) is 1.00. The largest absolute Gasteiger partial charge is 0.306 e. The number of hydrogen-bond acceptors (Lipinski definition) is 4. The molecule has 5 nitrogen and oxygen atoms in total. The van der Waals surface area contributed by atoms with Crippen molar-refractivity contribution in [3.63, 3.8) is 0 Å². The number of amides is 1. The van der Waals surface area contributed by atoms with Gasteiger partial charge in [-0.2, -0.15) is 0 Å². The van der Waals surface area contributed by atoms with Crippen molar-refractivity contribution in [2.45, 2.75) is 12.8 Å². The molecule has 0 saturated carbocycles. The van der Waals surface area contributed by atoms with Crippen LogP contribution in [-0.2, 0) is 0 Å². The van der Waals surface area contributed by atoms with Gasteiger partial charge in [0.1, 0.15) is 28.8 Å². The van der Waals surface area contributed by atoms with Crippen LogP contribution in [0.1, 0.15) is 29.0 Å². The molecule has 0 bridgehead atoms. The first kappa shape index (κ1) is 17.2. The van der Waals surface area contributed by atoms with Crippen molar-refractivity contribution < 1.29 is 13.6 Å². The maximum absolute atomic E-state index is 14.7. The van der Waals surface area contributed by atoms with Crippen molar-refractivity contribution in [2.75, 3.05) is 25.5 Å². The smallest absolute Gasteiger partial charge is 0.275 e. The summed E-state index contributed by atoms with van der Waals surface area (Å²) in [5, 5.41) is 2.55. The molecule has 1 aliphatic heterocycles. The van der Waals surface area contributed by atoms with Crippen molar-refractivity contribution in [1.82, 2.24) is 14.9 Å². The van der Waals surface area contributed by atoms with Crippen LogP contribution in [0, 0.1) is 5.82 Å². The number of hydrogen-bond donors (Lipinski definition) is 1. The van der Waals surface area contributed by atoms with Crippen LogP contribution in [0.4, 0.5) is 14.6 Å². The van der Waals surface area contributed by atoms with Crippen molar-refractivity contribution in [3.8, 4) is 0 Å². The van der Waals surface area contributed by atoms with E-state index >= 15 is 0 Å². The molecule has 3 heterocycles. The first-order valence-electron chi connectivity index (χ1n) is 7.99. The zero-order chi connectivity index (χ0) is 17.8. The van der Waals surface area contributed by atoms with E-state index in [0.717, 1.165) is 30.9 Å². The fourth-order valence-electron chi connectivity index (χ4n) is 2.61. The molecule has 1 N–H and O–H groups in total. The van der Waals surface area contributed by atoms with Gasteiger partial charge in [-0.3, -0.25) is 4.79 Å². The Morgan fingerprint density at radius 1 is 1.16 bits per heavy atom. The average Bonchev–Trinajstić information content (AvgIpc) is 2.62. The van der Waals surface area contributed by atoms with Crippen LogP contribution in [0.5, 0.6) is 0 Å². The van der Waals surface area contributed by atoms with E-state index in [4.69, 9.17) is 0 Å². The lowest BCUT2D eigenvalue weighted by Gasteiger charge is -2.24. The molecule has 7 heteroatoms.